The second-order valence-electron chi connectivity index (χ2n) is 11.5. The Morgan fingerprint density at radius 2 is 1.60 bits per heavy atom. The van der Waals surface area contributed by atoms with E-state index in [1.54, 1.807) is 6.07 Å². The largest absolute Gasteiger partial charge is 0.395 e. The minimum absolute atomic E-state index is 0.00502. The van der Waals surface area contributed by atoms with Crippen LogP contribution in [0.15, 0.2) is 35.2 Å². The first-order chi connectivity index (χ1) is 19.7. The van der Waals surface area contributed by atoms with Gasteiger partial charge >= 0.3 is 0 Å². The first-order valence-corrected chi connectivity index (χ1v) is 17.4. The number of piperidine rings is 2. The number of anilines is 4. The quantitative estimate of drug-likeness (QED) is 0.381. The van der Waals surface area contributed by atoms with Crippen molar-refractivity contribution >= 4 is 48.8 Å². The molecule has 2 aromatic rings. The SMILES string of the molecule is CS(=O)(=O)c1ccc(NC(=O)c2ccc(NS(=O)(=O)CCO)cc2N2CCC3(CC2)CC3)nc1N1CCC(F)(F)CC1. The number of alkyl halides is 2. The van der Waals surface area contributed by atoms with Crippen LogP contribution < -0.4 is 19.8 Å². The first kappa shape index (κ1) is 30.4. The monoisotopic (exact) mass is 627 g/mol. The van der Waals surface area contributed by atoms with E-state index in [0.29, 0.717) is 24.2 Å². The van der Waals surface area contributed by atoms with Crippen LogP contribution in [-0.4, -0.2) is 83.6 Å². The Kier molecular flexibility index (Phi) is 8.13. The summed E-state index contributed by atoms with van der Waals surface area (Å²) in [5, 5.41) is 11.8. The van der Waals surface area contributed by atoms with E-state index in [0.717, 1.165) is 19.1 Å². The number of carbonyl (C=O) groups is 1. The second-order valence-corrected chi connectivity index (χ2v) is 15.3. The summed E-state index contributed by atoms with van der Waals surface area (Å²) in [6.45, 7) is 0.669. The van der Waals surface area contributed by atoms with Crippen LogP contribution in [0.5, 0.6) is 0 Å². The van der Waals surface area contributed by atoms with Crippen LogP contribution in [0.4, 0.5) is 31.8 Å². The highest BCUT2D eigenvalue weighted by Gasteiger charge is 2.44. The number of amides is 1. The molecular formula is C27H35F2N5O6S2. The lowest BCUT2D eigenvalue weighted by molar-refractivity contribution is -0.0222. The number of rotatable bonds is 9. The number of aliphatic hydroxyl groups excluding tert-OH is 1. The number of nitrogens with zero attached hydrogens (tertiary/aromatic N) is 3. The highest BCUT2D eigenvalue weighted by molar-refractivity contribution is 7.92. The van der Waals surface area contributed by atoms with Crippen molar-refractivity contribution in [3.8, 4) is 0 Å². The lowest BCUT2D eigenvalue weighted by atomic mass is 9.93. The summed E-state index contributed by atoms with van der Waals surface area (Å²) in [7, 11) is -7.53. The van der Waals surface area contributed by atoms with E-state index in [-0.39, 0.29) is 40.9 Å². The van der Waals surface area contributed by atoms with Gasteiger partial charge in [0, 0.05) is 45.3 Å². The molecule has 0 bridgehead atoms. The molecule has 2 saturated heterocycles. The number of hydrogen-bond donors (Lipinski definition) is 3. The highest BCUT2D eigenvalue weighted by atomic mass is 32.2. The molecule has 42 heavy (non-hydrogen) atoms. The average Bonchev–Trinajstić information content (AvgIpc) is 3.66. The van der Waals surface area contributed by atoms with Crippen LogP contribution in [-0.2, 0) is 19.9 Å². The highest BCUT2D eigenvalue weighted by Crippen LogP contribution is 2.54. The van der Waals surface area contributed by atoms with Crippen molar-refractivity contribution in [3.05, 3.63) is 35.9 Å². The van der Waals surface area contributed by atoms with Crippen molar-refractivity contribution < 1.29 is 35.5 Å². The van der Waals surface area contributed by atoms with E-state index in [9.17, 15) is 30.4 Å². The van der Waals surface area contributed by atoms with Gasteiger partial charge in [0.05, 0.1) is 29.3 Å². The Labute approximate surface area is 244 Å². The van der Waals surface area contributed by atoms with Gasteiger partial charge in [0.2, 0.25) is 10.0 Å². The molecule has 3 N–H and O–H groups in total. The van der Waals surface area contributed by atoms with Gasteiger partial charge < -0.3 is 20.2 Å². The summed E-state index contributed by atoms with van der Waals surface area (Å²) in [6, 6.07) is 7.21. The predicted molar refractivity (Wildman–Crippen MR) is 156 cm³/mol. The molecule has 1 spiro atoms. The maximum atomic E-state index is 13.8. The Morgan fingerprint density at radius 3 is 2.19 bits per heavy atom. The molecule has 1 amide bonds. The molecule has 0 radical (unpaired) electrons. The van der Waals surface area contributed by atoms with Crippen molar-refractivity contribution in [1.82, 2.24) is 4.98 Å². The number of halogens is 2. The van der Waals surface area contributed by atoms with Crippen LogP contribution in [0.3, 0.4) is 0 Å². The topological polar surface area (TPSA) is 149 Å². The summed E-state index contributed by atoms with van der Waals surface area (Å²) in [5.74, 6) is -3.80. The lowest BCUT2D eigenvalue weighted by Gasteiger charge is -2.35. The van der Waals surface area contributed by atoms with E-state index >= 15 is 0 Å². The summed E-state index contributed by atoms with van der Waals surface area (Å²) >= 11 is 0. The first-order valence-electron chi connectivity index (χ1n) is 13.8. The van der Waals surface area contributed by atoms with Crippen LogP contribution >= 0.6 is 0 Å². The van der Waals surface area contributed by atoms with Crippen LogP contribution in [0.25, 0.3) is 0 Å². The Morgan fingerprint density at radius 1 is 0.952 bits per heavy atom. The number of sulfonamides is 1. The minimum Gasteiger partial charge on any atom is -0.395 e. The number of sulfone groups is 1. The molecule has 5 rings (SSSR count). The molecule has 1 saturated carbocycles. The number of aliphatic hydroxyl groups is 1. The Hall–Kier alpha value is -3.04. The van der Waals surface area contributed by atoms with Crippen molar-refractivity contribution in [3.63, 3.8) is 0 Å². The molecule has 1 aromatic carbocycles. The number of benzene rings is 1. The van der Waals surface area contributed by atoms with Gasteiger partial charge in [0.1, 0.15) is 16.5 Å². The van der Waals surface area contributed by atoms with E-state index in [2.05, 4.69) is 15.0 Å². The number of carbonyl (C=O) groups excluding carboxylic acids is 1. The van der Waals surface area contributed by atoms with Gasteiger partial charge in [-0.2, -0.15) is 0 Å². The van der Waals surface area contributed by atoms with E-state index < -0.39 is 56.9 Å². The third kappa shape index (κ3) is 6.94. The molecule has 2 aliphatic heterocycles. The summed E-state index contributed by atoms with van der Waals surface area (Å²) < 4.78 is 79.5. The number of hydrogen-bond acceptors (Lipinski definition) is 9. The number of pyridine rings is 1. The Bertz CT molecular complexity index is 1560. The second kappa shape index (κ2) is 11.2. The van der Waals surface area contributed by atoms with E-state index in [1.165, 1.54) is 42.0 Å². The van der Waals surface area contributed by atoms with E-state index in [4.69, 9.17) is 5.11 Å². The summed E-state index contributed by atoms with van der Waals surface area (Å²) in [4.78, 5) is 21.4. The molecule has 15 heteroatoms. The predicted octanol–water partition coefficient (Wildman–Crippen LogP) is 3.09. The zero-order valence-electron chi connectivity index (χ0n) is 23.3. The number of aromatic nitrogens is 1. The molecular weight excluding hydrogens is 592 g/mol. The van der Waals surface area contributed by atoms with Gasteiger partial charge in [0.15, 0.2) is 9.84 Å². The van der Waals surface area contributed by atoms with Gasteiger partial charge in [-0.15, -0.1) is 0 Å². The van der Waals surface area contributed by atoms with Crippen molar-refractivity contribution in [2.24, 2.45) is 5.41 Å². The summed E-state index contributed by atoms with van der Waals surface area (Å²) in [6.07, 6.45) is 4.41. The molecule has 11 nitrogen and oxygen atoms in total. The maximum absolute atomic E-state index is 13.8. The van der Waals surface area contributed by atoms with Crippen LogP contribution in [0, 0.1) is 5.41 Å². The van der Waals surface area contributed by atoms with Crippen molar-refractivity contribution in [2.45, 2.75) is 49.3 Å². The lowest BCUT2D eigenvalue weighted by Crippen LogP contribution is -2.40. The zero-order chi connectivity index (χ0) is 30.3. The fraction of sp³-hybridized carbons (Fsp3) is 0.556. The van der Waals surface area contributed by atoms with Crippen molar-refractivity contribution in [1.29, 1.82) is 0 Å². The molecule has 3 aliphatic rings. The standard InChI is InChI=1S/C27H35F2N5O6S2/c1-41(37,38)22-4-5-23(30-24(22)34-14-10-27(28,29)11-15-34)31-25(36)20-3-2-19(32-42(39,40)17-16-35)18-21(20)33-12-8-26(6-7-26)9-13-33/h2-5,18,32,35H,6-17H2,1H3,(H,30,31,36). The van der Waals surface area contributed by atoms with Gasteiger partial charge in [0.25, 0.3) is 11.8 Å². The van der Waals surface area contributed by atoms with Gasteiger partial charge in [-0.25, -0.2) is 30.6 Å². The molecule has 0 atom stereocenters. The Balaban J connectivity index is 1.44. The fourth-order valence-corrected chi connectivity index (χ4v) is 7.20. The zero-order valence-corrected chi connectivity index (χ0v) is 24.9. The molecule has 1 aliphatic carbocycles. The molecule has 1 aromatic heterocycles. The summed E-state index contributed by atoms with van der Waals surface area (Å²) in [5.41, 5.74) is 1.40. The fourth-order valence-electron chi connectivity index (χ4n) is 5.55. The normalized spacial score (nSPS) is 19.9. The molecule has 230 valence electrons. The third-order valence-electron chi connectivity index (χ3n) is 8.27. The number of nitrogens with one attached hydrogen (secondary N) is 2. The van der Waals surface area contributed by atoms with Gasteiger partial charge in [-0.3, -0.25) is 9.52 Å². The van der Waals surface area contributed by atoms with Crippen molar-refractivity contribution in [2.75, 3.05) is 64.6 Å². The third-order valence-corrected chi connectivity index (χ3v) is 10.7. The van der Waals surface area contributed by atoms with E-state index in [1.807, 2.05) is 4.90 Å². The van der Waals surface area contributed by atoms with Crippen LogP contribution in [0.1, 0.15) is 48.9 Å². The average molecular weight is 628 g/mol. The molecule has 3 fully saturated rings. The van der Waals surface area contributed by atoms with Gasteiger partial charge in [-0.05, 0) is 61.4 Å². The maximum Gasteiger partial charge on any atom is 0.258 e. The molecule has 0 unspecified atom stereocenters. The molecule has 3 heterocycles. The smallest absolute Gasteiger partial charge is 0.258 e. The minimum atomic E-state index is -3.79. The van der Waals surface area contributed by atoms with Crippen LogP contribution in [0.2, 0.25) is 0 Å². The van der Waals surface area contributed by atoms with Gasteiger partial charge in [-0.1, -0.05) is 0 Å².